The van der Waals surface area contributed by atoms with Crippen LogP contribution >= 0.6 is 0 Å². The maximum Gasteiger partial charge on any atom is 0.408 e. The van der Waals surface area contributed by atoms with Crippen molar-refractivity contribution in [3.05, 3.63) is 12.4 Å². The Morgan fingerprint density at radius 1 is 1.36 bits per heavy atom. The maximum absolute atomic E-state index is 11.6. The number of hydrogen-bond donors (Lipinski definition) is 4. The van der Waals surface area contributed by atoms with Crippen molar-refractivity contribution >= 4 is 11.9 Å². The Morgan fingerprint density at radius 2 is 1.86 bits per heavy atom. The molecule has 0 saturated carbocycles. The molecule has 0 aliphatic rings. The summed E-state index contributed by atoms with van der Waals surface area (Å²) in [6, 6.07) is -0.539. The van der Waals surface area contributed by atoms with E-state index in [1.54, 1.807) is 27.7 Å². The number of aliphatic hydroxyl groups is 1. The number of amides is 1. The SMILES string of the molecule is C=C(N)NCCC[C@H](NC(=O)OC(C)(C)C)C(C)=O.CCO. The molecule has 22 heavy (non-hydrogen) atoms. The van der Waals surface area contributed by atoms with Crippen LogP contribution in [0.3, 0.4) is 0 Å². The van der Waals surface area contributed by atoms with E-state index in [0.717, 1.165) is 0 Å². The lowest BCUT2D eigenvalue weighted by Gasteiger charge is -2.22. The zero-order valence-corrected chi connectivity index (χ0v) is 14.4. The number of aliphatic hydroxyl groups excluding tert-OH is 1. The molecule has 0 fully saturated rings. The number of ketones is 1. The van der Waals surface area contributed by atoms with Gasteiger partial charge in [-0.15, -0.1) is 0 Å². The second kappa shape index (κ2) is 11.9. The first-order chi connectivity index (χ1) is 10.0. The molecule has 7 nitrogen and oxygen atoms in total. The quantitative estimate of drug-likeness (QED) is 0.526. The van der Waals surface area contributed by atoms with Gasteiger partial charge in [-0.2, -0.15) is 0 Å². The molecule has 0 aromatic rings. The van der Waals surface area contributed by atoms with E-state index < -0.39 is 17.7 Å². The molecule has 7 heteroatoms. The molecular formula is C15H31N3O4. The van der Waals surface area contributed by atoms with Gasteiger partial charge in [0.2, 0.25) is 0 Å². The van der Waals surface area contributed by atoms with Crippen molar-refractivity contribution < 1.29 is 19.4 Å². The highest BCUT2D eigenvalue weighted by Gasteiger charge is 2.21. The predicted octanol–water partition coefficient (Wildman–Crippen LogP) is 1.27. The van der Waals surface area contributed by atoms with Gasteiger partial charge < -0.3 is 26.2 Å². The maximum atomic E-state index is 11.6. The molecule has 130 valence electrons. The van der Waals surface area contributed by atoms with Gasteiger partial charge in [-0.3, -0.25) is 4.79 Å². The van der Waals surface area contributed by atoms with E-state index in [0.29, 0.717) is 25.2 Å². The number of alkyl carbamates (subject to hydrolysis) is 1. The third kappa shape index (κ3) is 16.3. The van der Waals surface area contributed by atoms with Gasteiger partial charge in [0.05, 0.1) is 11.9 Å². The number of nitrogens with two attached hydrogens (primary N) is 1. The average Bonchev–Trinajstić information content (AvgIpc) is 2.31. The lowest BCUT2D eigenvalue weighted by molar-refractivity contribution is -0.119. The standard InChI is InChI=1S/C13H25N3O3.C2H6O/c1-9(17)11(7-6-8-15-10(2)14)16-12(18)19-13(3,4)5;1-2-3/h11,15H,2,6-8,14H2,1,3-5H3,(H,16,18);3H,2H2,1H3/t11-;/m0./s1. The summed E-state index contributed by atoms with van der Waals surface area (Å²) < 4.78 is 5.11. The summed E-state index contributed by atoms with van der Waals surface area (Å²) in [4.78, 5) is 23.0. The van der Waals surface area contributed by atoms with Gasteiger partial charge in [0, 0.05) is 13.2 Å². The number of ether oxygens (including phenoxy) is 1. The van der Waals surface area contributed by atoms with Crippen molar-refractivity contribution in [1.82, 2.24) is 10.6 Å². The first kappa shape index (κ1) is 22.5. The first-order valence-corrected chi connectivity index (χ1v) is 7.32. The fourth-order valence-electron chi connectivity index (χ4n) is 1.38. The third-order valence-corrected chi connectivity index (χ3v) is 2.20. The Balaban J connectivity index is 0. The van der Waals surface area contributed by atoms with Crippen molar-refractivity contribution in [2.45, 2.75) is 59.1 Å². The van der Waals surface area contributed by atoms with Crippen molar-refractivity contribution in [2.75, 3.05) is 13.2 Å². The van der Waals surface area contributed by atoms with Gasteiger partial charge in [-0.1, -0.05) is 6.58 Å². The highest BCUT2D eigenvalue weighted by atomic mass is 16.6. The summed E-state index contributed by atoms with van der Waals surface area (Å²) in [6.45, 7) is 12.8. The summed E-state index contributed by atoms with van der Waals surface area (Å²) in [5.74, 6) is 0.289. The fourth-order valence-corrected chi connectivity index (χ4v) is 1.38. The molecule has 1 atom stereocenters. The van der Waals surface area contributed by atoms with Crippen LogP contribution in [-0.4, -0.2) is 41.8 Å². The fraction of sp³-hybridized carbons (Fsp3) is 0.733. The van der Waals surface area contributed by atoms with Crippen molar-refractivity contribution in [2.24, 2.45) is 5.73 Å². The van der Waals surface area contributed by atoms with E-state index in [4.69, 9.17) is 15.6 Å². The third-order valence-electron chi connectivity index (χ3n) is 2.20. The largest absolute Gasteiger partial charge is 0.444 e. The number of carbonyl (C=O) groups is 2. The van der Waals surface area contributed by atoms with Crippen molar-refractivity contribution in [1.29, 1.82) is 0 Å². The minimum atomic E-state index is -0.580. The Kier molecular flexibility index (Phi) is 12.1. The van der Waals surface area contributed by atoms with Crippen LogP contribution in [0, 0.1) is 0 Å². The Morgan fingerprint density at radius 3 is 2.23 bits per heavy atom. The zero-order chi connectivity index (χ0) is 17.8. The summed E-state index contributed by atoms with van der Waals surface area (Å²) in [5, 5.41) is 13.0. The topological polar surface area (TPSA) is 114 Å². The number of nitrogens with one attached hydrogen (secondary N) is 2. The van der Waals surface area contributed by atoms with Gasteiger partial charge >= 0.3 is 6.09 Å². The highest BCUT2D eigenvalue weighted by Crippen LogP contribution is 2.08. The Hall–Kier alpha value is -1.76. The Labute approximate surface area is 133 Å². The number of carbonyl (C=O) groups excluding carboxylic acids is 2. The van der Waals surface area contributed by atoms with Crippen LogP contribution in [0.25, 0.3) is 0 Å². The smallest absolute Gasteiger partial charge is 0.408 e. The molecule has 1 amide bonds. The monoisotopic (exact) mass is 317 g/mol. The molecule has 0 rings (SSSR count). The van der Waals surface area contributed by atoms with Crippen LogP contribution in [0.2, 0.25) is 0 Å². The molecule has 0 radical (unpaired) electrons. The van der Waals surface area contributed by atoms with Gasteiger partial charge in [0.1, 0.15) is 5.60 Å². The van der Waals surface area contributed by atoms with Crippen LogP contribution in [0.5, 0.6) is 0 Å². The summed E-state index contributed by atoms with van der Waals surface area (Å²) in [5.41, 5.74) is 4.78. The molecular weight excluding hydrogens is 286 g/mol. The zero-order valence-electron chi connectivity index (χ0n) is 14.4. The van der Waals surface area contributed by atoms with Crippen molar-refractivity contribution in [3.8, 4) is 0 Å². The van der Waals surface area contributed by atoms with Crippen LogP contribution in [0.1, 0.15) is 47.5 Å². The van der Waals surface area contributed by atoms with Crippen LogP contribution in [0.15, 0.2) is 12.4 Å². The lowest BCUT2D eigenvalue weighted by Crippen LogP contribution is -2.43. The van der Waals surface area contributed by atoms with Gasteiger partial charge in [-0.25, -0.2) is 4.79 Å². The minimum absolute atomic E-state index is 0.0996. The summed E-state index contributed by atoms with van der Waals surface area (Å²) in [7, 11) is 0. The molecule has 0 spiro atoms. The minimum Gasteiger partial charge on any atom is -0.444 e. The molecule has 0 aromatic carbocycles. The molecule has 0 aromatic heterocycles. The van der Waals surface area contributed by atoms with Crippen LogP contribution in [0.4, 0.5) is 4.79 Å². The van der Waals surface area contributed by atoms with Crippen LogP contribution < -0.4 is 16.4 Å². The lowest BCUT2D eigenvalue weighted by atomic mass is 10.1. The van der Waals surface area contributed by atoms with E-state index in [9.17, 15) is 9.59 Å². The summed E-state index contributed by atoms with van der Waals surface area (Å²) in [6.07, 6.45) is 0.634. The molecule has 0 heterocycles. The summed E-state index contributed by atoms with van der Waals surface area (Å²) >= 11 is 0. The average molecular weight is 317 g/mol. The second-order valence-electron chi connectivity index (χ2n) is 5.72. The molecule has 0 aliphatic carbocycles. The molecule has 0 aliphatic heterocycles. The predicted molar refractivity (Wildman–Crippen MR) is 87.2 cm³/mol. The van der Waals surface area contributed by atoms with Gasteiger partial charge in [0.25, 0.3) is 0 Å². The van der Waals surface area contributed by atoms with E-state index in [1.165, 1.54) is 6.92 Å². The van der Waals surface area contributed by atoms with E-state index >= 15 is 0 Å². The van der Waals surface area contributed by atoms with E-state index in [-0.39, 0.29) is 12.4 Å². The molecule has 0 bridgehead atoms. The van der Waals surface area contributed by atoms with Crippen LogP contribution in [-0.2, 0) is 9.53 Å². The number of Topliss-reactive ketones (excluding diaryl/α,β-unsaturated/α-hetero) is 1. The van der Waals surface area contributed by atoms with E-state index in [1.807, 2.05) is 0 Å². The second-order valence-corrected chi connectivity index (χ2v) is 5.72. The first-order valence-electron chi connectivity index (χ1n) is 7.32. The Bertz CT molecular complexity index is 351. The number of hydrogen-bond acceptors (Lipinski definition) is 6. The van der Waals surface area contributed by atoms with Crippen molar-refractivity contribution in [3.63, 3.8) is 0 Å². The number of rotatable bonds is 7. The normalized spacial score (nSPS) is 11.5. The van der Waals surface area contributed by atoms with Gasteiger partial charge in [-0.05, 0) is 47.5 Å². The molecule has 0 unspecified atom stereocenters. The van der Waals surface area contributed by atoms with Gasteiger partial charge in [0.15, 0.2) is 5.78 Å². The van der Waals surface area contributed by atoms with E-state index in [2.05, 4.69) is 17.2 Å². The molecule has 0 saturated heterocycles. The highest BCUT2D eigenvalue weighted by molar-refractivity contribution is 5.85. The molecule has 5 N–H and O–H groups in total.